The third kappa shape index (κ3) is 2.91. The van der Waals surface area contributed by atoms with Gasteiger partial charge in [-0.25, -0.2) is 0 Å². The summed E-state index contributed by atoms with van der Waals surface area (Å²) in [5, 5.41) is 3.21. The molecule has 1 aromatic heterocycles. The Kier molecular flexibility index (Phi) is 4.13. The molecule has 2 rings (SSSR count). The van der Waals surface area contributed by atoms with E-state index in [1.54, 1.807) is 0 Å². The fourth-order valence-electron chi connectivity index (χ4n) is 2.07. The summed E-state index contributed by atoms with van der Waals surface area (Å²) in [7, 11) is 1.95. The summed E-state index contributed by atoms with van der Waals surface area (Å²) in [5.41, 5.74) is 5.61. The molecule has 0 aliphatic rings. The van der Waals surface area contributed by atoms with Crippen LogP contribution in [-0.2, 0) is 0 Å². The van der Waals surface area contributed by atoms with Crippen molar-refractivity contribution in [2.24, 2.45) is 0 Å². The first kappa shape index (κ1) is 13.5. The SMILES string of the molecule is C=Cc1ccc(-c2cccc([C@H](C)NC)n2)cc1C. The molecule has 0 unspecified atom stereocenters. The van der Waals surface area contributed by atoms with E-state index in [4.69, 9.17) is 4.98 Å². The molecule has 19 heavy (non-hydrogen) atoms. The van der Waals surface area contributed by atoms with Gasteiger partial charge < -0.3 is 5.32 Å². The van der Waals surface area contributed by atoms with Gasteiger partial charge in [-0.15, -0.1) is 0 Å². The van der Waals surface area contributed by atoms with E-state index in [0.717, 1.165) is 17.0 Å². The Balaban J connectivity index is 2.41. The van der Waals surface area contributed by atoms with Crippen LogP contribution in [-0.4, -0.2) is 12.0 Å². The van der Waals surface area contributed by atoms with Gasteiger partial charge >= 0.3 is 0 Å². The molecule has 0 spiro atoms. The third-order valence-corrected chi connectivity index (χ3v) is 3.43. The van der Waals surface area contributed by atoms with Gasteiger partial charge in [0.1, 0.15) is 0 Å². The maximum absolute atomic E-state index is 4.72. The molecule has 0 saturated heterocycles. The Labute approximate surface area is 115 Å². The Morgan fingerprint density at radius 2 is 2.05 bits per heavy atom. The normalized spacial score (nSPS) is 12.2. The van der Waals surface area contributed by atoms with Gasteiger partial charge in [0.15, 0.2) is 0 Å². The molecule has 1 N–H and O–H groups in total. The molecular formula is C17H20N2. The Hall–Kier alpha value is -1.93. The highest BCUT2D eigenvalue weighted by Crippen LogP contribution is 2.22. The maximum Gasteiger partial charge on any atom is 0.0706 e. The van der Waals surface area contributed by atoms with Crippen molar-refractivity contribution in [1.29, 1.82) is 0 Å². The van der Waals surface area contributed by atoms with Gasteiger partial charge in [-0.3, -0.25) is 4.98 Å². The molecule has 2 heteroatoms. The molecule has 0 saturated carbocycles. The Morgan fingerprint density at radius 1 is 1.26 bits per heavy atom. The molecule has 0 fully saturated rings. The molecule has 1 aromatic carbocycles. The lowest BCUT2D eigenvalue weighted by molar-refractivity contribution is 0.634. The van der Waals surface area contributed by atoms with E-state index in [9.17, 15) is 0 Å². The van der Waals surface area contributed by atoms with Crippen LogP contribution in [0.1, 0.15) is 29.8 Å². The number of nitrogens with zero attached hydrogens (tertiary/aromatic N) is 1. The summed E-state index contributed by atoms with van der Waals surface area (Å²) in [5.74, 6) is 0. The predicted molar refractivity (Wildman–Crippen MR) is 82.0 cm³/mol. The summed E-state index contributed by atoms with van der Waals surface area (Å²) in [6, 6.07) is 12.8. The van der Waals surface area contributed by atoms with Crippen molar-refractivity contribution in [3.8, 4) is 11.3 Å². The standard InChI is InChI=1S/C17H20N2/c1-5-14-9-10-15(11-12(14)2)17-8-6-7-16(19-17)13(3)18-4/h5-11,13,18H,1H2,2-4H3/t13-/m0/s1. The van der Waals surface area contributed by atoms with Crippen LogP contribution in [0.4, 0.5) is 0 Å². The van der Waals surface area contributed by atoms with E-state index in [-0.39, 0.29) is 6.04 Å². The van der Waals surface area contributed by atoms with Crippen molar-refractivity contribution in [3.63, 3.8) is 0 Å². The van der Waals surface area contributed by atoms with Gasteiger partial charge in [0.2, 0.25) is 0 Å². The van der Waals surface area contributed by atoms with Crippen LogP contribution in [0.2, 0.25) is 0 Å². The largest absolute Gasteiger partial charge is 0.312 e. The quantitative estimate of drug-likeness (QED) is 0.890. The number of hydrogen-bond donors (Lipinski definition) is 1. The zero-order chi connectivity index (χ0) is 13.8. The maximum atomic E-state index is 4.72. The molecule has 2 nitrogen and oxygen atoms in total. The van der Waals surface area contributed by atoms with Crippen LogP contribution in [0.5, 0.6) is 0 Å². The predicted octanol–water partition coefficient (Wildman–Crippen LogP) is 3.98. The molecule has 1 atom stereocenters. The number of rotatable bonds is 4. The van der Waals surface area contributed by atoms with Crippen LogP contribution >= 0.6 is 0 Å². The molecule has 0 aliphatic carbocycles. The van der Waals surface area contributed by atoms with E-state index in [0.29, 0.717) is 0 Å². The number of aryl methyl sites for hydroxylation is 1. The Bertz CT molecular complexity index is 588. The molecular weight excluding hydrogens is 232 g/mol. The molecule has 98 valence electrons. The minimum absolute atomic E-state index is 0.258. The third-order valence-electron chi connectivity index (χ3n) is 3.43. The second kappa shape index (κ2) is 5.81. The van der Waals surface area contributed by atoms with E-state index < -0.39 is 0 Å². The first-order valence-electron chi connectivity index (χ1n) is 6.53. The second-order valence-corrected chi connectivity index (χ2v) is 4.73. The van der Waals surface area contributed by atoms with E-state index >= 15 is 0 Å². The number of pyridine rings is 1. The average Bonchev–Trinajstić information content (AvgIpc) is 2.46. The van der Waals surface area contributed by atoms with Crippen LogP contribution in [0, 0.1) is 6.92 Å². The summed E-state index contributed by atoms with van der Waals surface area (Å²) in [4.78, 5) is 4.72. The lowest BCUT2D eigenvalue weighted by Crippen LogP contribution is -2.13. The summed E-state index contributed by atoms with van der Waals surface area (Å²) in [6.07, 6.45) is 1.88. The lowest BCUT2D eigenvalue weighted by Gasteiger charge is -2.11. The number of nitrogens with one attached hydrogen (secondary N) is 1. The van der Waals surface area contributed by atoms with Gasteiger partial charge in [0.25, 0.3) is 0 Å². The fourth-order valence-corrected chi connectivity index (χ4v) is 2.07. The van der Waals surface area contributed by atoms with Gasteiger partial charge in [-0.2, -0.15) is 0 Å². The minimum Gasteiger partial charge on any atom is -0.312 e. The smallest absolute Gasteiger partial charge is 0.0706 e. The minimum atomic E-state index is 0.258. The second-order valence-electron chi connectivity index (χ2n) is 4.73. The summed E-state index contributed by atoms with van der Waals surface area (Å²) >= 11 is 0. The summed E-state index contributed by atoms with van der Waals surface area (Å²) < 4.78 is 0. The van der Waals surface area contributed by atoms with E-state index in [1.807, 2.05) is 19.2 Å². The van der Waals surface area contributed by atoms with Gasteiger partial charge in [0, 0.05) is 11.6 Å². The van der Waals surface area contributed by atoms with Crippen molar-refractivity contribution >= 4 is 6.08 Å². The molecule has 0 radical (unpaired) electrons. The fraction of sp³-hybridized carbons (Fsp3) is 0.235. The lowest BCUT2D eigenvalue weighted by atomic mass is 10.0. The van der Waals surface area contributed by atoms with Crippen molar-refractivity contribution in [1.82, 2.24) is 10.3 Å². The molecule has 2 aromatic rings. The van der Waals surface area contributed by atoms with Crippen LogP contribution < -0.4 is 5.32 Å². The van der Waals surface area contributed by atoms with E-state index in [1.165, 1.54) is 11.1 Å². The zero-order valence-corrected chi connectivity index (χ0v) is 11.8. The van der Waals surface area contributed by atoms with Crippen molar-refractivity contribution in [2.75, 3.05) is 7.05 Å². The first-order chi connectivity index (χ1) is 9.15. The van der Waals surface area contributed by atoms with Gasteiger partial charge in [-0.05, 0) is 50.2 Å². The zero-order valence-electron chi connectivity index (χ0n) is 11.8. The monoisotopic (exact) mass is 252 g/mol. The topological polar surface area (TPSA) is 24.9 Å². The van der Waals surface area contributed by atoms with Gasteiger partial charge in [0.05, 0.1) is 11.4 Å². The number of hydrogen-bond acceptors (Lipinski definition) is 2. The molecule has 1 heterocycles. The highest BCUT2D eigenvalue weighted by Gasteiger charge is 2.07. The van der Waals surface area contributed by atoms with E-state index in [2.05, 4.69) is 56.1 Å². The van der Waals surface area contributed by atoms with Gasteiger partial charge in [-0.1, -0.05) is 30.9 Å². The van der Waals surface area contributed by atoms with Crippen molar-refractivity contribution in [2.45, 2.75) is 19.9 Å². The Morgan fingerprint density at radius 3 is 2.68 bits per heavy atom. The van der Waals surface area contributed by atoms with Crippen LogP contribution in [0.15, 0.2) is 43.0 Å². The number of aromatic nitrogens is 1. The van der Waals surface area contributed by atoms with Crippen LogP contribution in [0.3, 0.4) is 0 Å². The van der Waals surface area contributed by atoms with Crippen molar-refractivity contribution in [3.05, 3.63) is 59.8 Å². The summed E-state index contributed by atoms with van der Waals surface area (Å²) in [6.45, 7) is 8.03. The molecule has 0 aliphatic heterocycles. The highest BCUT2D eigenvalue weighted by molar-refractivity contribution is 5.64. The first-order valence-corrected chi connectivity index (χ1v) is 6.53. The molecule has 0 bridgehead atoms. The van der Waals surface area contributed by atoms with Crippen LogP contribution in [0.25, 0.3) is 17.3 Å². The van der Waals surface area contributed by atoms with Crippen molar-refractivity contribution < 1.29 is 0 Å². The number of benzene rings is 1. The highest BCUT2D eigenvalue weighted by atomic mass is 14.9. The average molecular weight is 252 g/mol. The molecule has 0 amide bonds.